The minimum atomic E-state index is 0. The molecule has 3 nitrogen and oxygen atoms in total. The molecule has 6 heteroatoms. The maximum absolute atomic E-state index is 6.10. The molecule has 2 N–H and O–H groups in total. The number of aryl methyl sites for hydroxylation is 1. The molecule has 0 bridgehead atoms. The molecule has 0 unspecified atom stereocenters. The van der Waals surface area contributed by atoms with Crippen LogP contribution >= 0.6 is 35.6 Å². The predicted molar refractivity (Wildman–Crippen MR) is 71.8 cm³/mol. The first-order valence-corrected chi connectivity index (χ1v) is 5.50. The van der Waals surface area contributed by atoms with Crippen molar-refractivity contribution in [1.29, 1.82) is 0 Å². The number of halogens is 3. The van der Waals surface area contributed by atoms with Gasteiger partial charge in [-0.1, -0.05) is 34.4 Å². The van der Waals surface area contributed by atoms with Crippen LogP contribution in [0.25, 0.3) is 11.3 Å². The van der Waals surface area contributed by atoms with E-state index in [1.807, 2.05) is 6.92 Å². The van der Waals surface area contributed by atoms with E-state index < -0.39 is 0 Å². The lowest BCUT2D eigenvalue weighted by Crippen LogP contribution is -1.99. The molecule has 0 aliphatic rings. The van der Waals surface area contributed by atoms with Crippen LogP contribution in [0.2, 0.25) is 10.0 Å². The quantitative estimate of drug-likeness (QED) is 0.915. The molecule has 0 fully saturated rings. The lowest BCUT2D eigenvalue weighted by molar-refractivity contribution is 0.398. The van der Waals surface area contributed by atoms with Crippen molar-refractivity contribution in [2.75, 3.05) is 0 Å². The van der Waals surface area contributed by atoms with Gasteiger partial charge in [0.2, 0.25) is 0 Å². The zero-order valence-electron chi connectivity index (χ0n) is 9.04. The smallest absolute Gasteiger partial charge is 0.138 e. The summed E-state index contributed by atoms with van der Waals surface area (Å²) in [6.07, 6.45) is 0. The highest BCUT2D eigenvalue weighted by Gasteiger charge is 2.18. The van der Waals surface area contributed by atoms with E-state index in [0.717, 1.165) is 5.56 Å². The van der Waals surface area contributed by atoms with Crippen LogP contribution in [0, 0.1) is 6.92 Å². The molecule has 0 saturated carbocycles. The average Bonchev–Trinajstić information content (AvgIpc) is 2.59. The van der Waals surface area contributed by atoms with Gasteiger partial charge in [0.1, 0.15) is 11.5 Å². The number of aromatic nitrogens is 1. The van der Waals surface area contributed by atoms with Gasteiger partial charge in [-0.25, -0.2) is 0 Å². The minimum absolute atomic E-state index is 0. The highest BCUT2D eigenvalue weighted by Crippen LogP contribution is 2.36. The molecule has 0 saturated heterocycles. The van der Waals surface area contributed by atoms with Gasteiger partial charge in [-0.15, -0.1) is 12.4 Å². The fourth-order valence-electron chi connectivity index (χ4n) is 1.55. The SMILES string of the molecule is Cc1onc(-c2c(Cl)cccc2Cl)c1CN.Cl. The molecular formula is C11H11Cl3N2O. The summed E-state index contributed by atoms with van der Waals surface area (Å²) in [4.78, 5) is 0. The van der Waals surface area contributed by atoms with Crippen molar-refractivity contribution in [3.63, 3.8) is 0 Å². The second-order valence-corrected chi connectivity index (χ2v) is 4.18. The summed E-state index contributed by atoms with van der Waals surface area (Å²) in [5, 5.41) is 5.03. The maximum atomic E-state index is 6.10. The van der Waals surface area contributed by atoms with Gasteiger partial charge in [0, 0.05) is 17.7 Å². The van der Waals surface area contributed by atoms with Crippen LogP contribution in [-0.4, -0.2) is 5.16 Å². The summed E-state index contributed by atoms with van der Waals surface area (Å²) in [6.45, 7) is 2.15. The Morgan fingerprint density at radius 1 is 1.29 bits per heavy atom. The molecule has 0 atom stereocenters. The first kappa shape index (κ1) is 14.3. The maximum Gasteiger partial charge on any atom is 0.138 e. The lowest BCUT2D eigenvalue weighted by atomic mass is 10.1. The van der Waals surface area contributed by atoms with E-state index in [2.05, 4.69) is 5.16 Å². The molecule has 17 heavy (non-hydrogen) atoms. The van der Waals surface area contributed by atoms with Crippen LogP contribution in [0.4, 0.5) is 0 Å². The number of benzene rings is 1. The largest absolute Gasteiger partial charge is 0.361 e. The normalized spacial score (nSPS) is 10.1. The molecule has 2 aromatic rings. The number of nitrogens with zero attached hydrogens (tertiary/aromatic N) is 1. The number of hydrogen-bond acceptors (Lipinski definition) is 3. The van der Waals surface area contributed by atoms with E-state index in [1.54, 1.807) is 18.2 Å². The van der Waals surface area contributed by atoms with Crippen molar-refractivity contribution in [2.45, 2.75) is 13.5 Å². The molecular weight excluding hydrogens is 282 g/mol. The van der Waals surface area contributed by atoms with Crippen molar-refractivity contribution < 1.29 is 4.52 Å². The van der Waals surface area contributed by atoms with Gasteiger partial charge in [-0.05, 0) is 19.1 Å². The van der Waals surface area contributed by atoms with Crippen molar-refractivity contribution >= 4 is 35.6 Å². The number of hydrogen-bond donors (Lipinski definition) is 1. The molecule has 0 spiro atoms. The van der Waals surface area contributed by atoms with Crippen molar-refractivity contribution in [1.82, 2.24) is 5.16 Å². The van der Waals surface area contributed by atoms with Gasteiger partial charge in [0.05, 0.1) is 10.0 Å². The third-order valence-electron chi connectivity index (χ3n) is 2.39. The highest BCUT2D eigenvalue weighted by atomic mass is 35.5. The van der Waals surface area contributed by atoms with E-state index >= 15 is 0 Å². The molecule has 1 aromatic heterocycles. The average molecular weight is 294 g/mol. The summed E-state index contributed by atoms with van der Waals surface area (Å²) in [6, 6.07) is 5.30. The Labute approximate surface area is 115 Å². The molecule has 0 aliphatic heterocycles. The first-order valence-electron chi connectivity index (χ1n) is 4.74. The second-order valence-electron chi connectivity index (χ2n) is 3.37. The van der Waals surface area contributed by atoms with Crippen LogP contribution in [0.1, 0.15) is 11.3 Å². The standard InChI is InChI=1S/C11H10Cl2N2O.ClH/c1-6-7(5-14)11(15-16-6)10-8(12)3-2-4-9(10)13;/h2-4H,5,14H2,1H3;1H. The van der Waals surface area contributed by atoms with E-state index in [4.69, 9.17) is 33.5 Å². The van der Waals surface area contributed by atoms with E-state index in [-0.39, 0.29) is 12.4 Å². The summed E-state index contributed by atoms with van der Waals surface area (Å²) < 4.78 is 5.10. The Kier molecular flexibility index (Phi) is 4.83. The van der Waals surface area contributed by atoms with E-state index in [1.165, 1.54) is 0 Å². The fraction of sp³-hybridized carbons (Fsp3) is 0.182. The van der Waals surface area contributed by atoms with Gasteiger partial charge >= 0.3 is 0 Å². The number of nitrogens with two attached hydrogens (primary N) is 1. The Morgan fingerprint density at radius 2 is 1.88 bits per heavy atom. The Morgan fingerprint density at radius 3 is 2.41 bits per heavy atom. The Hall–Kier alpha value is -0.740. The number of rotatable bonds is 2. The molecule has 0 radical (unpaired) electrons. The van der Waals surface area contributed by atoms with Crippen LogP contribution in [0.15, 0.2) is 22.7 Å². The summed E-state index contributed by atoms with van der Waals surface area (Å²) in [5.41, 5.74) is 7.77. The highest BCUT2D eigenvalue weighted by molar-refractivity contribution is 6.39. The topological polar surface area (TPSA) is 52.0 Å². The molecule has 0 amide bonds. The van der Waals surface area contributed by atoms with Crippen molar-refractivity contribution in [3.8, 4) is 11.3 Å². The van der Waals surface area contributed by atoms with Gasteiger partial charge in [-0.3, -0.25) is 0 Å². The third-order valence-corrected chi connectivity index (χ3v) is 3.02. The predicted octanol–water partition coefficient (Wildman–Crippen LogP) is 3.84. The second kappa shape index (κ2) is 5.74. The third kappa shape index (κ3) is 2.58. The van der Waals surface area contributed by atoms with E-state index in [0.29, 0.717) is 33.6 Å². The van der Waals surface area contributed by atoms with Crippen LogP contribution < -0.4 is 5.73 Å². The van der Waals surface area contributed by atoms with Gasteiger partial charge in [0.25, 0.3) is 0 Å². The molecule has 1 aromatic carbocycles. The Balaban J connectivity index is 0.00000144. The first-order chi connectivity index (χ1) is 7.65. The zero-order chi connectivity index (χ0) is 11.7. The minimum Gasteiger partial charge on any atom is -0.361 e. The van der Waals surface area contributed by atoms with Gasteiger partial charge in [-0.2, -0.15) is 0 Å². The van der Waals surface area contributed by atoms with E-state index in [9.17, 15) is 0 Å². The summed E-state index contributed by atoms with van der Waals surface area (Å²) in [5.74, 6) is 0.688. The molecule has 1 heterocycles. The zero-order valence-corrected chi connectivity index (χ0v) is 11.4. The monoisotopic (exact) mass is 292 g/mol. The van der Waals surface area contributed by atoms with Crippen LogP contribution in [-0.2, 0) is 6.54 Å². The Bertz CT molecular complexity index is 505. The van der Waals surface area contributed by atoms with Gasteiger partial charge < -0.3 is 10.3 Å². The van der Waals surface area contributed by atoms with Crippen LogP contribution in [0.5, 0.6) is 0 Å². The molecule has 2 rings (SSSR count). The lowest BCUT2D eigenvalue weighted by Gasteiger charge is -2.04. The summed E-state index contributed by atoms with van der Waals surface area (Å²) in [7, 11) is 0. The van der Waals surface area contributed by atoms with Crippen molar-refractivity contribution in [2.24, 2.45) is 5.73 Å². The van der Waals surface area contributed by atoms with Gasteiger partial charge in [0.15, 0.2) is 0 Å². The van der Waals surface area contributed by atoms with Crippen LogP contribution in [0.3, 0.4) is 0 Å². The van der Waals surface area contributed by atoms with Crippen molar-refractivity contribution in [3.05, 3.63) is 39.6 Å². The molecule has 0 aliphatic carbocycles. The fourth-order valence-corrected chi connectivity index (χ4v) is 2.13. The summed E-state index contributed by atoms with van der Waals surface area (Å²) >= 11 is 12.2. The molecule has 92 valence electrons.